The molecule has 4 rings (SSSR count). The Labute approximate surface area is 135 Å². The minimum absolute atomic E-state index is 0.114. The van der Waals surface area contributed by atoms with Crippen molar-refractivity contribution in [3.05, 3.63) is 75.0 Å². The van der Waals surface area contributed by atoms with Crippen LogP contribution in [0, 0.1) is 0 Å². The van der Waals surface area contributed by atoms with Crippen molar-refractivity contribution >= 4 is 28.4 Å². The Bertz CT molecular complexity index is 1100. The Morgan fingerprint density at radius 1 is 1.13 bits per heavy atom. The summed E-state index contributed by atoms with van der Waals surface area (Å²) < 4.78 is 1.54. The number of halogens is 1. The van der Waals surface area contributed by atoms with Crippen LogP contribution in [0.15, 0.2) is 53.3 Å². The molecule has 5 nitrogen and oxygen atoms in total. The lowest BCUT2D eigenvalue weighted by atomic mass is 10.1. The Morgan fingerprint density at radius 2 is 1.87 bits per heavy atom. The second-order valence-electron chi connectivity index (χ2n) is 5.28. The summed E-state index contributed by atoms with van der Waals surface area (Å²) in [6.45, 7) is 0. The van der Waals surface area contributed by atoms with Crippen molar-refractivity contribution in [2.75, 3.05) is 0 Å². The molecule has 0 unspecified atom stereocenters. The fourth-order valence-corrected chi connectivity index (χ4v) is 2.93. The fourth-order valence-electron chi connectivity index (χ4n) is 2.73. The zero-order valence-electron chi connectivity index (χ0n) is 12.0. The van der Waals surface area contributed by atoms with Crippen LogP contribution in [0.25, 0.3) is 16.8 Å². The average Bonchev–Trinajstić information content (AvgIpc) is 2.91. The highest BCUT2D eigenvalue weighted by molar-refractivity contribution is 6.31. The van der Waals surface area contributed by atoms with E-state index < -0.39 is 0 Å². The number of nitrogens with one attached hydrogen (secondary N) is 1. The lowest BCUT2D eigenvalue weighted by molar-refractivity contribution is 0.439. The number of fused-ring (bicyclic) bond motifs is 3. The number of aromatic nitrogens is 3. The molecule has 0 saturated carbocycles. The molecule has 0 radical (unpaired) electrons. The Morgan fingerprint density at radius 3 is 2.70 bits per heavy atom. The molecule has 0 saturated heterocycles. The molecule has 23 heavy (non-hydrogen) atoms. The third-order valence-electron chi connectivity index (χ3n) is 3.87. The number of H-pyrrole nitrogens is 1. The predicted molar refractivity (Wildman–Crippen MR) is 89.2 cm³/mol. The maximum absolute atomic E-state index is 12.3. The van der Waals surface area contributed by atoms with Crippen LogP contribution >= 0.6 is 11.6 Å². The van der Waals surface area contributed by atoms with Gasteiger partial charge in [-0.15, -0.1) is 0 Å². The first-order valence-electron chi connectivity index (χ1n) is 7.10. The van der Waals surface area contributed by atoms with Crippen LogP contribution in [-0.2, 0) is 6.42 Å². The molecule has 0 bridgehead atoms. The van der Waals surface area contributed by atoms with Crippen molar-refractivity contribution in [1.82, 2.24) is 14.4 Å². The van der Waals surface area contributed by atoms with Gasteiger partial charge in [0.1, 0.15) is 0 Å². The van der Waals surface area contributed by atoms with Gasteiger partial charge < -0.3 is 5.11 Å². The van der Waals surface area contributed by atoms with E-state index >= 15 is 0 Å². The van der Waals surface area contributed by atoms with Crippen LogP contribution in [-0.4, -0.2) is 19.5 Å². The number of rotatable bonds is 2. The molecule has 2 heterocycles. The third-order valence-corrected chi connectivity index (χ3v) is 4.24. The van der Waals surface area contributed by atoms with Crippen molar-refractivity contribution in [1.29, 1.82) is 0 Å². The zero-order chi connectivity index (χ0) is 16.0. The van der Waals surface area contributed by atoms with Gasteiger partial charge in [0, 0.05) is 11.4 Å². The van der Waals surface area contributed by atoms with Crippen molar-refractivity contribution in [2.24, 2.45) is 0 Å². The maximum Gasteiger partial charge on any atom is 0.259 e. The summed E-state index contributed by atoms with van der Waals surface area (Å²) >= 11 is 6.16. The predicted octanol–water partition coefficient (Wildman–Crippen LogP) is 3.13. The van der Waals surface area contributed by atoms with Crippen molar-refractivity contribution in [3.63, 3.8) is 0 Å². The van der Waals surface area contributed by atoms with E-state index in [0.717, 1.165) is 11.1 Å². The number of nitrogens with zero attached hydrogens (tertiary/aromatic N) is 2. The van der Waals surface area contributed by atoms with Gasteiger partial charge in [-0.3, -0.25) is 9.78 Å². The standard InChI is InChI=1S/C17H12ClN3O2/c18-12-6-2-1-5-10(12)9-11-15(22)20-17-19-13-7-3-4-8-14(13)21(17)16(11)23/h1-8,23H,9H2,(H,19,20,22). The molecule has 2 aromatic heterocycles. The van der Waals surface area contributed by atoms with Gasteiger partial charge >= 0.3 is 0 Å². The van der Waals surface area contributed by atoms with Crippen LogP contribution in [0.3, 0.4) is 0 Å². The quantitative estimate of drug-likeness (QED) is 0.595. The van der Waals surface area contributed by atoms with Gasteiger partial charge in [0.05, 0.1) is 16.6 Å². The number of hydrogen-bond donors (Lipinski definition) is 2. The molecule has 0 aliphatic heterocycles. The SMILES string of the molecule is O=c1[nH]c2nc3ccccc3n2c(O)c1Cc1ccccc1Cl. The first kappa shape index (κ1) is 13.8. The van der Waals surface area contributed by atoms with E-state index in [1.54, 1.807) is 10.5 Å². The first-order valence-corrected chi connectivity index (χ1v) is 7.47. The molecule has 0 atom stereocenters. The zero-order valence-corrected chi connectivity index (χ0v) is 12.7. The minimum atomic E-state index is -0.370. The second-order valence-corrected chi connectivity index (χ2v) is 5.69. The van der Waals surface area contributed by atoms with E-state index in [9.17, 15) is 9.90 Å². The lowest BCUT2D eigenvalue weighted by Gasteiger charge is -2.08. The van der Waals surface area contributed by atoms with E-state index in [0.29, 0.717) is 16.3 Å². The van der Waals surface area contributed by atoms with Gasteiger partial charge in [-0.2, -0.15) is 0 Å². The first-order chi connectivity index (χ1) is 11.1. The molecule has 0 aliphatic carbocycles. The smallest absolute Gasteiger partial charge is 0.259 e. The summed E-state index contributed by atoms with van der Waals surface area (Å²) in [5.41, 5.74) is 2.10. The third kappa shape index (κ3) is 2.17. The number of para-hydroxylation sites is 2. The van der Waals surface area contributed by atoms with Crippen LogP contribution < -0.4 is 5.56 Å². The highest BCUT2D eigenvalue weighted by Crippen LogP contribution is 2.25. The van der Waals surface area contributed by atoms with Gasteiger partial charge in [-0.25, -0.2) is 9.38 Å². The van der Waals surface area contributed by atoms with E-state index in [2.05, 4.69) is 9.97 Å². The number of aromatic hydroxyl groups is 1. The largest absolute Gasteiger partial charge is 0.494 e. The summed E-state index contributed by atoms with van der Waals surface area (Å²) in [5.74, 6) is 0.203. The number of benzene rings is 2. The molecule has 0 spiro atoms. The highest BCUT2D eigenvalue weighted by atomic mass is 35.5. The molecule has 6 heteroatoms. The Balaban J connectivity index is 1.98. The lowest BCUT2D eigenvalue weighted by Crippen LogP contribution is -2.16. The summed E-state index contributed by atoms with van der Waals surface area (Å²) in [7, 11) is 0. The maximum atomic E-state index is 12.3. The molecule has 0 aliphatic rings. The van der Waals surface area contributed by atoms with Gasteiger partial charge in [0.25, 0.3) is 5.56 Å². The topological polar surface area (TPSA) is 70.4 Å². The number of aromatic amines is 1. The van der Waals surface area contributed by atoms with Crippen molar-refractivity contribution in [2.45, 2.75) is 6.42 Å². The normalized spacial score (nSPS) is 11.3. The van der Waals surface area contributed by atoms with E-state index in [4.69, 9.17) is 11.6 Å². The molecule has 0 amide bonds. The van der Waals surface area contributed by atoms with E-state index in [1.165, 1.54) is 0 Å². The van der Waals surface area contributed by atoms with Crippen LogP contribution in [0.2, 0.25) is 5.02 Å². The van der Waals surface area contributed by atoms with Crippen LogP contribution in [0.4, 0.5) is 0 Å². The Kier molecular flexibility index (Phi) is 3.09. The van der Waals surface area contributed by atoms with Crippen LogP contribution in [0.1, 0.15) is 11.1 Å². The molecule has 4 aromatic rings. The molecule has 2 N–H and O–H groups in total. The van der Waals surface area contributed by atoms with Crippen molar-refractivity contribution in [3.8, 4) is 5.88 Å². The summed E-state index contributed by atoms with van der Waals surface area (Å²) in [4.78, 5) is 19.4. The molecular weight excluding hydrogens is 314 g/mol. The van der Waals surface area contributed by atoms with E-state index in [1.807, 2.05) is 42.5 Å². The van der Waals surface area contributed by atoms with Gasteiger partial charge in [0.15, 0.2) is 0 Å². The summed E-state index contributed by atoms with van der Waals surface area (Å²) in [5, 5.41) is 11.2. The molecule has 114 valence electrons. The Hall–Kier alpha value is -2.79. The average molecular weight is 326 g/mol. The monoisotopic (exact) mass is 325 g/mol. The number of hydrogen-bond acceptors (Lipinski definition) is 3. The molecular formula is C17H12ClN3O2. The number of imidazole rings is 1. The van der Waals surface area contributed by atoms with Crippen LogP contribution in [0.5, 0.6) is 5.88 Å². The minimum Gasteiger partial charge on any atom is -0.494 e. The molecule has 2 aromatic carbocycles. The second kappa shape index (κ2) is 5.14. The van der Waals surface area contributed by atoms with Gasteiger partial charge in [0.2, 0.25) is 11.7 Å². The van der Waals surface area contributed by atoms with Gasteiger partial charge in [-0.05, 0) is 23.8 Å². The summed E-state index contributed by atoms with van der Waals surface area (Å²) in [6.07, 6.45) is 0.239. The summed E-state index contributed by atoms with van der Waals surface area (Å²) in [6, 6.07) is 14.6. The van der Waals surface area contributed by atoms with Crippen molar-refractivity contribution < 1.29 is 5.11 Å². The fraction of sp³-hybridized carbons (Fsp3) is 0.0588. The van der Waals surface area contributed by atoms with E-state index in [-0.39, 0.29) is 23.4 Å². The highest BCUT2D eigenvalue weighted by Gasteiger charge is 2.16. The molecule has 0 fully saturated rings. The van der Waals surface area contributed by atoms with Gasteiger partial charge in [-0.1, -0.05) is 41.9 Å².